The van der Waals surface area contributed by atoms with Gasteiger partial charge in [-0.15, -0.1) is 0 Å². The first-order valence-electron chi connectivity index (χ1n) is 4.00. The van der Waals surface area contributed by atoms with Crippen molar-refractivity contribution in [3.8, 4) is 5.19 Å². The van der Waals surface area contributed by atoms with Crippen molar-refractivity contribution in [2.45, 2.75) is 0 Å². The molecule has 0 radical (unpaired) electrons. The Hall–Kier alpha value is -1.14. The Labute approximate surface area is 98.0 Å². The van der Waals surface area contributed by atoms with Gasteiger partial charge in [0.05, 0.1) is 30.0 Å². The average molecular weight is 288 g/mol. The highest BCUT2D eigenvalue weighted by molar-refractivity contribution is 9.10. The van der Waals surface area contributed by atoms with Crippen LogP contribution in [0.15, 0.2) is 27.6 Å². The lowest BCUT2D eigenvalue weighted by Crippen LogP contribution is -1.96. The molecule has 0 aliphatic rings. The highest BCUT2D eigenvalue weighted by atomic mass is 79.9. The van der Waals surface area contributed by atoms with Gasteiger partial charge in [-0.3, -0.25) is 4.79 Å². The number of carbonyl (C=O) groups is 1. The van der Waals surface area contributed by atoms with Gasteiger partial charge in [-0.05, 0) is 22.0 Å². The number of furan rings is 1. The maximum atomic E-state index is 11.9. The maximum absolute atomic E-state index is 11.9. The predicted molar refractivity (Wildman–Crippen MR) is 58.5 cm³/mol. The molecule has 0 saturated carbocycles. The maximum Gasteiger partial charge on any atom is 0.273 e. The second-order valence-electron chi connectivity index (χ2n) is 2.63. The van der Waals surface area contributed by atoms with Crippen molar-refractivity contribution in [3.63, 3.8) is 0 Å². The lowest BCUT2D eigenvalue weighted by atomic mass is 10.2. The standard InChI is InChI=1S/C9H6BrNO3S/c1-13-9-11-4-6(15-9)7(12)5-2-3-14-8(5)10/h2-4H,1H3. The Morgan fingerprint density at radius 3 is 3.00 bits per heavy atom. The van der Waals surface area contributed by atoms with Crippen molar-refractivity contribution in [1.82, 2.24) is 4.98 Å². The molecular weight excluding hydrogens is 282 g/mol. The van der Waals surface area contributed by atoms with Gasteiger partial charge in [0.25, 0.3) is 5.19 Å². The lowest BCUT2D eigenvalue weighted by Gasteiger charge is -1.92. The van der Waals surface area contributed by atoms with E-state index in [-0.39, 0.29) is 5.78 Å². The Morgan fingerprint density at radius 2 is 2.47 bits per heavy atom. The number of ether oxygens (including phenoxy) is 1. The molecule has 0 spiro atoms. The topological polar surface area (TPSA) is 52.3 Å². The van der Waals surface area contributed by atoms with Gasteiger partial charge in [0.1, 0.15) is 0 Å². The Morgan fingerprint density at radius 1 is 1.67 bits per heavy atom. The number of thiazole rings is 1. The highest BCUT2D eigenvalue weighted by Gasteiger charge is 2.17. The third kappa shape index (κ3) is 1.95. The van der Waals surface area contributed by atoms with Gasteiger partial charge in [-0.1, -0.05) is 11.3 Å². The first kappa shape index (κ1) is 10.4. The van der Waals surface area contributed by atoms with Gasteiger partial charge in [-0.2, -0.15) is 0 Å². The van der Waals surface area contributed by atoms with E-state index in [1.807, 2.05) is 0 Å². The first-order valence-corrected chi connectivity index (χ1v) is 5.61. The molecule has 0 aliphatic heterocycles. The van der Waals surface area contributed by atoms with Gasteiger partial charge >= 0.3 is 0 Å². The molecule has 6 heteroatoms. The molecule has 0 saturated heterocycles. The number of nitrogens with zero attached hydrogens (tertiary/aromatic N) is 1. The zero-order valence-electron chi connectivity index (χ0n) is 7.69. The van der Waals surface area contributed by atoms with Crippen LogP contribution in [0.3, 0.4) is 0 Å². The SMILES string of the molecule is COc1ncc(C(=O)c2ccoc2Br)s1. The molecule has 0 amide bonds. The molecule has 15 heavy (non-hydrogen) atoms. The fourth-order valence-corrected chi connectivity index (χ4v) is 2.15. The van der Waals surface area contributed by atoms with Crippen molar-refractivity contribution in [2.75, 3.05) is 7.11 Å². The second-order valence-corrected chi connectivity index (χ2v) is 4.35. The third-order valence-electron chi connectivity index (χ3n) is 1.75. The fourth-order valence-electron chi connectivity index (χ4n) is 1.05. The molecule has 2 rings (SSSR count). The first-order chi connectivity index (χ1) is 7.22. The van der Waals surface area contributed by atoms with E-state index in [9.17, 15) is 4.79 Å². The minimum atomic E-state index is -0.128. The summed E-state index contributed by atoms with van der Waals surface area (Å²) in [5.41, 5.74) is 0.487. The van der Waals surface area contributed by atoms with Crippen molar-refractivity contribution in [3.05, 3.63) is 33.6 Å². The second kappa shape index (κ2) is 4.16. The number of halogens is 1. The van der Waals surface area contributed by atoms with Crippen LogP contribution < -0.4 is 4.74 Å². The summed E-state index contributed by atoms with van der Waals surface area (Å²) >= 11 is 4.36. The van der Waals surface area contributed by atoms with Crippen molar-refractivity contribution >= 4 is 33.0 Å². The van der Waals surface area contributed by atoms with Gasteiger partial charge < -0.3 is 9.15 Å². The Balaban J connectivity index is 2.32. The molecule has 0 atom stereocenters. The summed E-state index contributed by atoms with van der Waals surface area (Å²) < 4.78 is 10.3. The third-order valence-corrected chi connectivity index (χ3v) is 3.32. The summed E-state index contributed by atoms with van der Waals surface area (Å²) in [6, 6.07) is 1.61. The number of methoxy groups -OCH3 is 1. The molecule has 0 unspecified atom stereocenters. The Bertz CT molecular complexity index is 491. The van der Waals surface area contributed by atoms with E-state index < -0.39 is 0 Å². The van der Waals surface area contributed by atoms with E-state index in [0.717, 1.165) is 0 Å². The summed E-state index contributed by atoms with van der Waals surface area (Å²) in [6.45, 7) is 0. The smallest absolute Gasteiger partial charge is 0.273 e. The molecule has 0 bridgehead atoms. The molecule has 0 fully saturated rings. The molecular formula is C9H6BrNO3S. The lowest BCUT2D eigenvalue weighted by molar-refractivity contribution is 0.104. The summed E-state index contributed by atoms with van der Waals surface area (Å²) in [5.74, 6) is -0.128. The van der Waals surface area contributed by atoms with E-state index >= 15 is 0 Å². The van der Waals surface area contributed by atoms with E-state index in [0.29, 0.717) is 20.3 Å². The largest absolute Gasteiger partial charge is 0.473 e. The Kier molecular flexibility index (Phi) is 2.88. The molecule has 0 aromatic carbocycles. The summed E-state index contributed by atoms with van der Waals surface area (Å²) in [5, 5.41) is 0.470. The molecule has 78 valence electrons. The molecule has 2 heterocycles. The number of hydrogen-bond donors (Lipinski definition) is 0. The average Bonchev–Trinajstić information content (AvgIpc) is 2.84. The van der Waals surface area contributed by atoms with Crippen LogP contribution in [0.25, 0.3) is 0 Å². The molecule has 4 nitrogen and oxygen atoms in total. The minimum Gasteiger partial charge on any atom is -0.473 e. The minimum absolute atomic E-state index is 0.128. The molecule has 0 aliphatic carbocycles. The van der Waals surface area contributed by atoms with E-state index in [1.54, 1.807) is 6.07 Å². The van der Waals surface area contributed by atoms with E-state index in [1.165, 1.54) is 30.9 Å². The normalized spacial score (nSPS) is 10.3. The molecule has 2 aromatic rings. The van der Waals surface area contributed by atoms with E-state index in [4.69, 9.17) is 9.15 Å². The number of hydrogen-bond acceptors (Lipinski definition) is 5. The number of rotatable bonds is 3. The zero-order chi connectivity index (χ0) is 10.8. The number of aromatic nitrogens is 1. The van der Waals surface area contributed by atoms with Crippen molar-refractivity contribution < 1.29 is 13.9 Å². The van der Waals surface area contributed by atoms with Gasteiger partial charge in [0.15, 0.2) is 4.67 Å². The van der Waals surface area contributed by atoms with Crippen LogP contribution in [0.5, 0.6) is 5.19 Å². The van der Waals surface area contributed by atoms with Crippen LogP contribution in [-0.4, -0.2) is 17.9 Å². The van der Waals surface area contributed by atoms with Crippen LogP contribution in [0.1, 0.15) is 15.2 Å². The summed E-state index contributed by atoms with van der Waals surface area (Å²) in [6.07, 6.45) is 2.95. The number of carbonyl (C=O) groups excluding carboxylic acids is 1. The van der Waals surface area contributed by atoms with Crippen molar-refractivity contribution in [1.29, 1.82) is 0 Å². The summed E-state index contributed by atoms with van der Waals surface area (Å²) in [4.78, 5) is 16.3. The van der Waals surface area contributed by atoms with Crippen molar-refractivity contribution in [2.24, 2.45) is 0 Å². The molecule has 2 aromatic heterocycles. The van der Waals surface area contributed by atoms with Gasteiger partial charge in [0.2, 0.25) is 5.78 Å². The van der Waals surface area contributed by atoms with E-state index in [2.05, 4.69) is 20.9 Å². The monoisotopic (exact) mass is 287 g/mol. The van der Waals surface area contributed by atoms with Crippen LogP contribution in [0.2, 0.25) is 0 Å². The number of ketones is 1. The predicted octanol–water partition coefficient (Wildman–Crippen LogP) is 2.74. The highest BCUT2D eigenvalue weighted by Crippen LogP contribution is 2.26. The fraction of sp³-hybridized carbons (Fsp3) is 0.111. The quantitative estimate of drug-likeness (QED) is 0.815. The van der Waals surface area contributed by atoms with Crippen LogP contribution in [-0.2, 0) is 0 Å². The molecule has 0 N–H and O–H groups in total. The van der Waals surface area contributed by atoms with Crippen LogP contribution in [0, 0.1) is 0 Å². The zero-order valence-corrected chi connectivity index (χ0v) is 10.1. The van der Waals surface area contributed by atoms with Gasteiger partial charge in [-0.25, -0.2) is 4.98 Å². The van der Waals surface area contributed by atoms with Crippen LogP contribution >= 0.6 is 27.3 Å². The van der Waals surface area contributed by atoms with Crippen LogP contribution in [0.4, 0.5) is 0 Å². The van der Waals surface area contributed by atoms with Gasteiger partial charge in [0, 0.05) is 0 Å². The summed E-state index contributed by atoms with van der Waals surface area (Å²) in [7, 11) is 1.51.